The lowest BCUT2D eigenvalue weighted by Crippen LogP contribution is -2.30. The van der Waals surface area contributed by atoms with E-state index in [1.807, 2.05) is 18.2 Å². The zero-order chi connectivity index (χ0) is 15.9. The summed E-state index contributed by atoms with van der Waals surface area (Å²) in [5, 5.41) is 12.2. The van der Waals surface area contributed by atoms with E-state index in [0.29, 0.717) is 23.8 Å². The number of ether oxygens (including phenoxy) is 1. The smallest absolute Gasteiger partial charge is 0.335 e. The van der Waals surface area contributed by atoms with E-state index in [0.717, 1.165) is 5.69 Å². The van der Waals surface area contributed by atoms with Gasteiger partial charge < -0.3 is 20.9 Å². The Morgan fingerprint density at radius 3 is 2.59 bits per heavy atom. The summed E-state index contributed by atoms with van der Waals surface area (Å²) in [7, 11) is 0. The third-order valence-electron chi connectivity index (χ3n) is 2.95. The van der Waals surface area contributed by atoms with E-state index in [2.05, 4.69) is 17.9 Å². The van der Waals surface area contributed by atoms with Crippen LogP contribution in [0.2, 0.25) is 0 Å². The molecule has 0 aliphatic rings. The van der Waals surface area contributed by atoms with Gasteiger partial charge in [-0.3, -0.25) is 0 Å². The molecular weight excluding hydrogens is 300 g/mol. The SMILES string of the molecule is N[C@@H](CS)CNc1cccc(Oc2cccc(C(=O)O)c2)c1. The fraction of sp³-hybridized carbons (Fsp3) is 0.188. The van der Waals surface area contributed by atoms with Gasteiger partial charge in [0.15, 0.2) is 0 Å². The Hall–Kier alpha value is -2.18. The highest BCUT2D eigenvalue weighted by Crippen LogP contribution is 2.24. The Morgan fingerprint density at radius 1 is 1.23 bits per heavy atom. The molecule has 0 saturated carbocycles. The van der Waals surface area contributed by atoms with Crippen LogP contribution in [0.5, 0.6) is 11.5 Å². The largest absolute Gasteiger partial charge is 0.478 e. The number of aromatic carboxylic acids is 1. The number of nitrogens with one attached hydrogen (secondary N) is 1. The predicted molar refractivity (Wildman–Crippen MR) is 90.2 cm³/mol. The van der Waals surface area contributed by atoms with Crippen molar-refractivity contribution in [3.8, 4) is 11.5 Å². The minimum Gasteiger partial charge on any atom is -0.478 e. The maximum Gasteiger partial charge on any atom is 0.335 e. The van der Waals surface area contributed by atoms with Gasteiger partial charge in [0.25, 0.3) is 0 Å². The molecule has 0 spiro atoms. The van der Waals surface area contributed by atoms with Crippen molar-refractivity contribution < 1.29 is 14.6 Å². The molecule has 0 bridgehead atoms. The Kier molecular flexibility index (Phi) is 5.68. The van der Waals surface area contributed by atoms with Gasteiger partial charge in [0.1, 0.15) is 11.5 Å². The highest BCUT2D eigenvalue weighted by molar-refractivity contribution is 7.80. The lowest BCUT2D eigenvalue weighted by molar-refractivity contribution is 0.0696. The average molecular weight is 318 g/mol. The number of thiol groups is 1. The summed E-state index contributed by atoms with van der Waals surface area (Å²) in [6, 6.07) is 13.7. The summed E-state index contributed by atoms with van der Waals surface area (Å²) in [5.74, 6) is 0.711. The second kappa shape index (κ2) is 7.72. The Bertz CT molecular complexity index is 649. The minimum atomic E-state index is -0.985. The van der Waals surface area contributed by atoms with E-state index in [1.165, 1.54) is 12.1 Å². The fourth-order valence-electron chi connectivity index (χ4n) is 1.81. The van der Waals surface area contributed by atoms with Crippen LogP contribution in [0.25, 0.3) is 0 Å². The molecule has 0 aromatic heterocycles. The van der Waals surface area contributed by atoms with Gasteiger partial charge in [0.2, 0.25) is 0 Å². The number of rotatable bonds is 7. The fourth-order valence-corrected chi connectivity index (χ4v) is 1.94. The topological polar surface area (TPSA) is 84.6 Å². The van der Waals surface area contributed by atoms with Crippen LogP contribution in [0.4, 0.5) is 5.69 Å². The van der Waals surface area contributed by atoms with E-state index in [1.54, 1.807) is 18.2 Å². The molecule has 0 heterocycles. The second-order valence-electron chi connectivity index (χ2n) is 4.79. The summed E-state index contributed by atoms with van der Waals surface area (Å²) in [6.07, 6.45) is 0. The average Bonchev–Trinajstić information content (AvgIpc) is 2.53. The third kappa shape index (κ3) is 4.68. The van der Waals surface area contributed by atoms with Crippen molar-refractivity contribution in [2.45, 2.75) is 6.04 Å². The molecule has 6 heteroatoms. The van der Waals surface area contributed by atoms with Gasteiger partial charge in [-0.15, -0.1) is 0 Å². The van der Waals surface area contributed by atoms with Crippen LogP contribution >= 0.6 is 12.6 Å². The third-order valence-corrected chi connectivity index (χ3v) is 3.42. The van der Waals surface area contributed by atoms with Crippen molar-refractivity contribution in [2.75, 3.05) is 17.6 Å². The molecule has 2 aromatic carbocycles. The first-order valence-electron chi connectivity index (χ1n) is 6.80. The molecule has 5 nitrogen and oxygen atoms in total. The molecule has 116 valence electrons. The van der Waals surface area contributed by atoms with E-state index in [4.69, 9.17) is 15.6 Å². The molecule has 0 saturated heterocycles. The van der Waals surface area contributed by atoms with E-state index < -0.39 is 5.97 Å². The number of nitrogens with two attached hydrogens (primary N) is 1. The van der Waals surface area contributed by atoms with E-state index in [-0.39, 0.29) is 11.6 Å². The summed E-state index contributed by atoms with van der Waals surface area (Å²) >= 11 is 4.14. The number of benzene rings is 2. The highest BCUT2D eigenvalue weighted by atomic mass is 32.1. The number of carbonyl (C=O) groups is 1. The summed E-state index contributed by atoms with van der Waals surface area (Å²) < 4.78 is 5.69. The molecular formula is C16H18N2O3S. The molecule has 2 aromatic rings. The van der Waals surface area contributed by atoms with Gasteiger partial charge in [-0.1, -0.05) is 12.1 Å². The van der Waals surface area contributed by atoms with E-state index >= 15 is 0 Å². The van der Waals surface area contributed by atoms with Crippen molar-refractivity contribution in [1.82, 2.24) is 0 Å². The lowest BCUT2D eigenvalue weighted by Gasteiger charge is -2.12. The normalized spacial score (nSPS) is 11.7. The quantitative estimate of drug-likeness (QED) is 0.590. The maximum absolute atomic E-state index is 11.0. The first-order valence-corrected chi connectivity index (χ1v) is 7.43. The van der Waals surface area contributed by atoms with Crippen LogP contribution in [0.3, 0.4) is 0 Å². The van der Waals surface area contributed by atoms with Gasteiger partial charge in [-0.05, 0) is 30.3 Å². The number of carboxylic acid groups (broad SMARTS) is 1. The summed E-state index contributed by atoms with van der Waals surface area (Å²) in [6.45, 7) is 0.613. The van der Waals surface area contributed by atoms with Crippen LogP contribution in [0, 0.1) is 0 Å². The predicted octanol–water partition coefficient (Wildman–Crippen LogP) is 2.85. The molecule has 0 aliphatic carbocycles. The zero-order valence-corrected chi connectivity index (χ0v) is 12.8. The van der Waals surface area contributed by atoms with Crippen molar-refractivity contribution in [3.63, 3.8) is 0 Å². The molecule has 0 fully saturated rings. The molecule has 1 atom stereocenters. The van der Waals surface area contributed by atoms with Crippen molar-refractivity contribution in [3.05, 3.63) is 54.1 Å². The van der Waals surface area contributed by atoms with Gasteiger partial charge in [-0.2, -0.15) is 12.6 Å². The Balaban J connectivity index is 2.07. The lowest BCUT2D eigenvalue weighted by atomic mass is 10.2. The standard InChI is InChI=1S/C16H18N2O3S/c17-12(10-22)9-18-13-4-2-6-15(8-13)21-14-5-1-3-11(7-14)16(19)20/h1-8,12,18,22H,9-10,17H2,(H,19,20)/t12-/m1/s1. The van der Waals surface area contributed by atoms with Crippen LogP contribution in [-0.4, -0.2) is 29.4 Å². The van der Waals surface area contributed by atoms with Crippen LogP contribution in [0.1, 0.15) is 10.4 Å². The van der Waals surface area contributed by atoms with Gasteiger partial charge in [0.05, 0.1) is 5.56 Å². The maximum atomic E-state index is 11.0. The van der Waals surface area contributed by atoms with Crippen LogP contribution in [-0.2, 0) is 0 Å². The molecule has 22 heavy (non-hydrogen) atoms. The first-order chi connectivity index (χ1) is 10.6. The van der Waals surface area contributed by atoms with Gasteiger partial charge >= 0.3 is 5.97 Å². The minimum absolute atomic E-state index is 0.0276. The highest BCUT2D eigenvalue weighted by Gasteiger charge is 2.05. The molecule has 0 unspecified atom stereocenters. The number of hydrogen-bond acceptors (Lipinski definition) is 5. The zero-order valence-electron chi connectivity index (χ0n) is 11.9. The monoisotopic (exact) mass is 318 g/mol. The molecule has 2 rings (SSSR count). The Morgan fingerprint density at radius 2 is 1.91 bits per heavy atom. The molecule has 0 amide bonds. The van der Waals surface area contributed by atoms with Crippen molar-refractivity contribution in [2.24, 2.45) is 5.73 Å². The molecule has 0 radical (unpaired) electrons. The summed E-state index contributed by atoms with van der Waals surface area (Å²) in [5.41, 5.74) is 6.87. The number of anilines is 1. The number of carboxylic acids is 1. The van der Waals surface area contributed by atoms with Gasteiger partial charge in [0, 0.05) is 30.1 Å². The molecule has 0 aliphatic heterocycles. The molecule has 4 N–H and O–H groups in total. The Labute approximate surface area is 134 Å². The van der Waals surface area contributed by atoms with Crippen LogP contribution in [0.15, 0.2) is 48.5 Å². The van der Waals surface area contributed by atoms with Crippen molar-refractivity contribution in [1.29, 1.82) is 0 Å². The van der Waals surface area contributed by atoms with Gasteiger partial charge in [-0.25, -0.2) is 4.79 Å². The first kappa shape index (κ1) is 16.2. The second-order valence-corrected chi connectivity index (χ2v) is 5.15. The van der Waals surface area contributed by atoms with E-state index in [9.17, 15) is 4.79 Å². The van der Waals surface area contributed by atoms with Crippen molar-refractivity contribution >= 4 is 24.3 Å². The summed E-state index contributed by atoms with van der Waals surface area (Å²) in [4.78, 5) is 11.0. The van der Waals surface area contributed by atoms with Crippen LogP contribution < -0.4 is 15.8 Å². The number of hydrogen-bond donors (Lipinski definition) is 4.